The van der Waals surface area contributed by atoms with E-state index in [2.05, 4.69) is 31.9 Å². The van der Waals surface area contributed by atoms with E-state index in [1.165, 1.54) is 18.1 Å². The van der Waals surface area contributed by atoms with Gasteiger partial charge in [-0.25, -0.2) is 4.79 Å². The Kier molecular flexibility index (Phi) is 4.77. The first-order chi connectivity index (χ1) is 9.86. The maximum Gasteiger partial charge on any atom is 0.328 e. The van der Waals surface area contributed by atoms with E-state index in [0.717, 1.165) is 0 Å². The third kappa shape index (κ3) is 3.01. The molecule has 0 aromatic heterocycles. The maximum absolute atomic E-state index is 11.9. The number of esters is 1. The van der Waals surface area contributed by atoms with Gasteiger partial charge in [0.25, 0.3) is 0 Å². The molecule has 8 heteroatoms. The SMILES string of the molecule is COC(=O)[C@H]1CCC(=O)N1Cc1cc(O)c(O)c(Br)c1Br. The molecule has 2 rings (SSSR count). The highest BCUT2D eigenvalue weighted by Crippen LogP contribution is 2.42. The fourth-order valence-electron chi connectivity index (χ4n) is 2.27. The zero-order valence-corrected chi connectivity index (χ0v) is 14.3. The van der Waals surface area contributed by atoms with Crippen LogP contribution in [0, 0.1) is 0 Å². The molecule has 1 heterocycles. The number of ether oxygens (including phenoxy) is 1. The van der Waals surface area contributed by atoms with Crippen LogP contribution in [0.5, 0.6) is 11.5 Å². The number of phenols is 2. The molecule has 21 heavy (non-hydrogen) atoms. The molecule has 1 atom stereocenters. The predicted molar refractivity (Wildman–Crippen MR) is 80.8 cm³/mol. The van der Waals surface area contributed by atoms with Gasteiger partial charge in [-0.1, -0.05) is 0 Å². The van der Waals surface area contributed by atoms with Gasteiger partial charge in [-0.2, -0.15) is 0 Å². The zero-order valence-electron chi connectivity index (χ0n) is 11.1. The molecule has 1 aromatic carbocycles. The smallest absolute Gasteiger partial charge is 0.328 e. The summed E-state index contributed by atoms with van der Waals surface area (Å²) in [6.07, 6.45) is 0.691. The van der Waals surface area contributed by atoms with Crippen LogP contribution in [0.1, 0.15) is 18.4 Å². The van der Waals surface area contributed by atoms with Crippen molar-refractivity contribution in [3.05, 3.63) is 20.6 Å². The molecule has 0 unspecified atom stereocenters. The lowest BCUT2D eigenvalue weighted by Gasteiger charge is -2.24. The average molecular weight is 423 g/mol. The zero-order chi connectivity index (χ0) is 15.7. The first-order valence-electron chi connectivity index (χ1n) is 6.13. The Bertz CT molecular complexity index is 605. The van der Waals surface area contributed by atoms with E-state index >= 15 is 0 Å². The van der Waals surface area contributed by atoms with E-state index in [1.54, 1.807) is 0 Å². The van der Waals surface area contributed by atoms with Gasteiger partial charge in [0.15, 0.2) is 11.5 Å². The van der Waals surface area contributed by atoms with Crippen molar-refractivity contribution < 1.29 is 24.5 Å². The number of carbonyl (C=O) groups excluding carboxylic acids is 2. The molecule has 0 aliphatic carbocycles. The molecule has 1 fully saturated rings. The second-order valence-corrected chi connectivity index (χ2v) is 6.22. The van der Waals surface area contributed by atoms with Crippen LogP contribution in [0.4, 0.5) is 0 Å². The summed E-state index contributed by atoms with van der Waals surface area (Å²) in [7, 11) is 1.28. The Labute approximate surface area is 138 Å². The number of benzene rings is 1. The number of hydrogen-bond acceptors (Lipinski definition) is 5. The van der Waals surface area contributed by atoms with Crippen molar-refractivity contribution in [1.82, 2.24) is 4.90 Å². The molecule has 2 N–H and O–H groups in total. The van der Waals surface area contributed by atoms with Gasteiger partial charge in [-0.05, 0) is 49.9 Å². The normalized spacial score (nSPS) is 18.1. The van der Waals surface area contributed by atoms with Crippen LogP contribution in [0.25, 0.3) is 0 Å². The minimum absolute atomic E-state index is 0.131. The van der Waals surface area contributed by atoms with Crippen LogP contribution in [0.3, 0.4) is 0 Å². The van der Waals surface area contributed by atoms with E-state index in [0.29, 0.717) is 20.9 Å². The third-order valence-corrected chi connectivity index (χ3v) is 5.59. The minimum Gasteiger partial charge on any atom is -0.504 e. The van der Waals surface area contributed by atoms with Crippen LogP contribution in [-0.2, 0) is 20.9 Å². The largest absolute Gasteiger partial charge is 0.504 e. The summed E-state index contributed by atoms with van der Waals surface area (Å²) in [5.41, 5.74) is 0.571. The Morgan fingerprint density at radius 1 is 1.43 bits per heavy atom. The van der Waals surface area contributed by atoms with Crippen LogP contribution in [0.15, 0.2) is 15.0 Å². The van der Waals surface area contributed by atoms with Gasteiger partial charge in [0, 0.05) is 17.4 Å². The summed E-state index contributed by atoms with van der Waals surface area (Å²) >= 11 is 6.45. The molecule has 0 saturated carbocycles. The molecule has 114 valence electrons. The number of phenolic OH excluding ortho intramolecular Hbond substituents is 2. The number of amides is 1. The van der Waals surface area contributed by atoms with E-state index in [9.17, 15) is 19.8 Å². The van der Waals surface area contributed by atoms with Crippen molar-refractivity contribution in [2.24, 2.45) is 0 Å². The average Bonchev–Trinajstić information content (AvgIpc) is 2.83. The molecule has 0 spiro atoms. The highest BCUT2D eigenvalue weighted by molar-refractivity contribution is 9.13. The fraction of sp³-hybridized carbons (Fsp3) is 0.385. The van der Waals surface area contributed by atoms with Crippen molar-refractivity contribution in [3.8, 4) is 11.5 Å². The topological polar surface area (TPSA) is 87.1 Å². The fourth-order valence-corrected chi connectivity index (χ4v) is 3.15. The summed E-state index contributed by atoms with van der Waals surface area (Å²) in [6, 6.07) is 0.730. The lowest BCUT2D eigenvalue weighted by Crippen LogP contribution is -2.38. The van der Waals surface area contributed by atoms with Crippen molar-refractivity contribution >= 4 is 43.7 Å². The van der Waals surface area contributed by atoms with Gasteiger partial charge < -0.3 is 19.8 Å². The second-order valence-electron chi connectivity index (χ2n) is 4.63. The molecular formula is C13H13Br2NO5. The second kappa shape index (κ2) is 6.23. The van der Waals surface area contributed by atoms with Gasteiger partial charge in [-0.3, -0.25) is 4.79 Å². The number of carbonyl (C=O) groups is 2. The first kappa shape index (κ1) is 16.1. The Hall–Kier alpha value is -1.28. The highest BCUT2D eigenvalue weighted by Gasteiger charge is 2.37. The van der Waals surface area contributed by atoms with Crippen molar-refractivity contribution in [3.63, 3.8) is 0 Å². The van der Waals surface area contributed by atoms with Crippen molar-refractivity contribution in [2.75, 3.05) is 7.11 Å². The third-order valence-electron chi connectivity index (χ3n) is 3.38. The maximum atomic E-state index is 11.9. The molecule has 6 nitrogen and oxygen atoms in total. The highest BCUT2D eigenvalue weighted by atomic mass is 79.9. The number of aromatic hydroxyl groups is 2. The lowest BCUT2D eigenvalue weighted by atomic mass is 10.1. The van der Waals surface area contributed by atoms with Crippen LogP contribution in [0.2, 0.25) is 0 Å². The number of hydrogen-bond donors (Lipinski definition) is 2. The summed E-state index contributed by atoms with van der Waals surface area (Å²) < 4.78 is 5.51. The van der Waals surface area contributed by atoms with Gasteiger partial charge in [0.2, 0.25) is 5.91 Å². The minimum atomic E-state index is -0.621. The molecule has 0 radical (unpaired) electrons. The van der Waals surface area contributed by atoms with Gasteiger partial charge in [0.05, 0.1) is 11.6 Å². The number of likely N-dealkylation sites (tertiary alicyclic amines) is 1. The number of nitrogens with zero attached hydrogens (tertiary/aromatic N) is 1. The molecule has 1 aliphatic heterocycles. The Morgan fingerprint density at radius 2 is 2.10 bits per heavy atom. The van der Waals surface area contributed by atoms with Gasteiger partial charge in [0.1, 0.15) is 6.04 Å². The van der Waals surface area contributed by atoms with Crippen molar-refractivity contribution in [2.45, 2.75) is 25.4 Å². The van der Waals surface area contributed by atoms with Gasteiger partial charge in [-0.15, -0.1) is 0 Å². The lowest BCUT2D eigenvalue weighted by molar-refractivity contribution is -0.149. The van der Waals surface area contributed by atoms with E-state index in [4.69, 9.17) is 4.74 Å². The summed E-state index contributed by atoms with van der Waals surface area (Å²) in [5.74, 6) is -1.20. The predicted octanol–water partition coefficient (Wildman–Crippen LogP) is 2.29. The number of methoxy groups -OCH3 is 1. The molecule has 1 aromatic rings. The first-order valence-corrected chi connectivity index (χ1v) is 7.71. The standard InChI is InChI=1S/C13H13Br2NO5/c1-21-13(20)7-2-3-9(18)16(7)5-6-4-8(17)12(19)11(15)10(6)14/h4,7,17,19H,2-3,5H2,1H3/t7-/m1/s1. The van der Waals surface area contributed by atoms with Crippen LogP contribution < -0.4 is 0 Å². The molecule has 1 aliphatic rings. The molecule has 0 bridgehead atoms. The van der Waals surface area contributed by atoms with Crippen molar-refractivity contribution in [1.29, 1.82) is 0 Å². The Morgan fingerprint density at radius 3 is 2.71 bits per heavy atom. The molecule has 1 amide bonds. The van der Waals surface area contributed by atoms with E-state index in [-0.39, 0.29) is 30.4 Å². The number of halogens is 2. The summed E-state index contributed by atoms with van der Waals surface area (Å²) in [6.45, 7) is 0.131. The van der Waals surface area contributed by atoms with Crippen LogP contribution in [-0.4, -0.2) is 40.1 Å². The summed E-state index contributed by atoms with van der Waals surface area (Å²) in [4.78, 5) is 25.1. The van der Waals surface area contributed by atoms with Crippen LogP contribution >= 0.6 is 31.9 Å². The molecular weight excluding hydrogens is 410 g/mol. The number of rotatable bonds is 3. The quantitative estimate of drug-likeness (QED) is 0.576. The summed E-state index contributed by atoms with van der Waals surface area (Å²) in [5, 5.41) is 19.3. The molecule has 1 saturated heterocycles. The Balaban J connectivity index is 2.32. The van der Waals surface area contributed by atoms with E-state index < -0.39 is 12.0 Å². The van der Waals surface area contributed by atoms with Gasteiger partial charge >= 0.3 is 5.97 Å². The van der Waals surface area contributed by atoms with E-state index in [1.807, 2.05) is 0 Å². The monoisotopic (exact) mass is 421 g/mol.